The molecule has 5 atom stereocenters. The summed E-state index contributed by atoms with van der Waals surface area (Å²) in [5.74, 6) is -0.0536. The van der Waals surface area contributed by atoms with Gasteiger partial charge in [0.15, 0.2) is 12.2 Å². The molecule has 0 spiro atoms. The van der Waals surface area contributed by atoms with Crippen molar-refractivity contribution in [1.29, 1.82) is 0 Å². The maximum absolute atomic E-state index is 11.4. The van der Waals surface area contributed by atoms with Gasteiger partial charge < -0.3 is 23.5 Å². The normalized spacial score (nSPS) is 31.6. The molecule has 2 aliphatic heterocycles. The zero-order valence-electron chi connectivity index (χ0n) is 12.1. The number of ether oxygens (including phenoxy) is 4. The van der Waals surface area contributed by atoms with Gasteiger partial charge in [0, 0.05) is 30.4 Å². The fraction of sp³-hybridized carbons (Fsp3) is 0.615. The van der Waals surface area contributed by atoms with E-state index in [1.54, 1.807) is 6.07 Å². The van der Waals surface area contributed by atoms with Crippen molar-refractivity contribution in [2.75, 3.05) is 19.5 Å². The topological polar surface area (TPSA) is 103 Å². The van der Waals surface area contributed by atoms with Crippen LogP contribution in [0.15, 0.2) is 17.4 Å². The molecule has 2 unspecified atom stereocenters. The fourth-order valence-electron chi connectivity index (χ4n) is 2.53. The van der Waals surface area contributed by atoms with Crippen LogP contribution in [0.25, 0.3) is 0 Å². The lowest BCUT2D eigenvalue weighted by molar-refractivity contribution is -0.150. The Kier molecular flexibility index (Phi) is 4.48. The summed E-state index contributed by atoms with van der Waals surface area (Å²) in [5.41, 5.74) is 0. The van der Waals surface area contributed by atoms with Gasteiger partial charge >= 0.3 is 11.1 Å². The molecule has 0 N–H and O–H groups in total. The Morgan fingerprint density at radius 3 is 2.73 bits per heavy atom. The molecule has 0 amide bonds. The standard InChI is InChI=1S/C13H16N2O6S/c1-7(16)20-8-5-18-12-9(6-19-11(8)12)21-10-3-4-14-13(15-10)22(2)17/h3-4,8-9,11-12H,5-6H2,1-2H3/t8-,9-,11?,12+,22?/m0/s1. The molecule has 120 valence electrons. The number of fused-ring (bicyclic) bond motifs is 1. The van der Waals surface area contributed by atoms with E-state index in [1.807, 2.05) is 0 Å². The number of rotatable bonds is 4. The summed E-state index contributed by atoms with van der Waals surface area (Å²) in [7, 11) is 0. The van der Waals surface area contributed by atoms with Crippen molar-refractivity contribution in [3.8, 4) is 5.88 Å². The van der Waals surface area contributed by atoms with Gasteiger partial charge in [0.25, 0.3) is 0 Å². The highest BCUT2D eigenvalue weighted by Crippen LogP contribution is 2.31. The molecule has 2 saturated heterocycles. The fourth-order valence-corrected chi connectivity index (χ4v) is 2.96. The lowest BCUT2D eigenvalue weighted by Crippen LogP contribution is -2.36. The van der Waals surface area contributed by atoms with Crippen LogP contribution >= 0.6 is 0 Å². The molecule has 0 saturated carbocycles. The minimum Gasteiger partial charge on any atom is -0.609 e. The van der Waals surface area contributed by atoms with Gasteiger partial charge in [-0.3, -0.25) is 4.79 Å². The van der Waals surface area contributed by atoms with Gasteiger partial charge in [0.1, 0.15) is 18.5 Å². The Bertz CT molecular complexity index is 557. The van der Waals surface area contributed by atoms with Gasteiger partial charge in [0.2, 0.25) is 5.88 Å². The maximum atomic E-state index is 11.4. The van der Waals surface area contributed by atoms with E-state index in [0.717, 1.165) is 0 Å². The van der Waals surface area contributed by atoms with E-state index in [1.165, 1.54) is 19.4 Å². The molecule has 3 rings (SSSR count). The Morgan fingerprint density at radius 1 is 1.36 bits per heavy atom. The second kappa shape index (κ2) is 6.37. The number of carbonyl (C=O) groups is 1. The molecule has 22 heavy (non-hydrogen) atoms. The van der Waals surface area contributed by atoms with Crippen molar-refractivity contribution in [2.45, 2.75) is 36.5 Å². The summed E-state index contributed by atoms with van der Waals surface area (Å²) in [6.45, 7) is 1.94. The van der Waals surface area contributed by atoms with E-state index in [4.69, 9.17) is 18.9 Å². The van der Waals surface area contributed by atoms with Gasteiger partial charge in [-0.05, 0) is 0 Å². The summed E-state index contributed by atoms with van der Waals surface area (Å²) < 4.78 is 33.6. The van der Waals surface area contributed by atoms with Gasteiger partial charge in [-0.2, -0.15) is 4.98 Å². The van der Waals surface area contributed by atoms with Gasteiger partial charge in [-0.15, -0.1) is 4.98 Å². The third-order valence-corrected chi connectivity index (χ3v) is 4.13. The molecule has 9 heteroatoms. The number of carbonyl (C=O) groups excluding carboxylic acids is 1. The minimum absolute atomic E-state index is 0.207. The van der Waals surface area contributed by atoms with Crippen molar-refractivity contribution in [2.24, 2.45) is 0 Å². The van der Waals surface area contributed by atoms with E-state index >= 15 is 0 Å². The first-order valence-corrected chi connectivity index (χ1v) is 8.34. The quantitative estimate of drug-likeness (QED) is 0.421. The minimum atomic E-state index is -1.28. The zero-order valence-corrected chi connectivity index (χ0v) is 12.9. The summed E-state index contributed by atoms with van der Waals surface area (Å²) in [4.78, 5) is 19.1. The van der Waals surface area contributed by atoms with Crippen molar-refractivity contribution in [3.05, 3.63) is 12.3 Å². The predicted octanol–water partition coefficient (Wildman–Crippen LogP) is -0.309. The smallest absolute Gasteiger partial charge is 0.345 e. The average molecular weight is 328 g/mol. The summed E-state index contributed by atoms with van der Waals surface area (Å²) >= 11 is -1.28. The molecule has 2 fully saturated rings. The molecule has 1 aromatic heterocycles. The first kappa shape index (κ1) is 15.5. The highest BCUT2D eigenvalue weighted by Gasteiger charge is 2.50. The maximum Gasteiger partial charge on any atom is 0.345 e. The Labute approximate surface area is 130 Å². The second-order valence-electron chi connectivity index (χ2n) is 5.03. The first-order chi connectivity index (χ1) is 10.5. The Balaban J connectivity index is 1.65. The molecule has 0 bridgehead atoms. The molecule has 1 aromatic rings. The van der Waals surface area contributed by atoms with E-state index in [0.29, 0.717) is 12.5 Å². The number of hydrogen-bond acceptors (Lipinski definition) is 8. The predicted molar refractivity (Wildman–Crippen MR) is 73.8 cm³/mol. The van der Waals surface area contributed by atoms with Crippen molar-refractivity contribution < 1.29 is 28.3 Å². The van der Waals surface area contributed by atoms with E-state index in [2.05, 4.69) is 9.97 Å². The van der Waals surface area contributed by atoms with E-state index in [9.17, 15) is 9.35 Å². The summed E-state index contributed by atoms with van der Waals surface area (Å²) in [5, 5.41) is 0.207. The van der Waals surface area contributed by atoms with E-state index in [-0.39, 0.29) is 36.0 Å². The highest BCUT2D eigenvalue weighted by atomic mass is 32.2. The van der Waals surface area contributed by atoms with Gasteiger partial charge in [-0.25, -0.2) is 0 Å². The van der Waals surface area contributed by atoms with Crippen LogP contribution in [-0.4, -0.2) is 64.4 Å². The lowest BCUT2D eigenvalue weighted by atomic mass is 10.1. The van der Waals surface area contributed by atoms with Crippen LogP contribution in [0.2, 0.25) is 0 Å². The largest absolute Gasteiger partial charge is 0.609 e. The molecular formula is C13H16N2O6S. The Hall–Kier alpha value is -1.42. The van der Waals surface area contributed by atoms with Crippen molar-refractivity contribution in [3.63, 3.8) is 0 Å². The third kappa shape index (κ3) is 3.17. The van der Waals surface area contributed by atoms with Crippen molar-refractivity contribution >= 4 is 17.1 Å². The molecule has 3 heterocycles. The number of esters is 1. The average Bonchev–Trinajstić information content (AvgIpc) is 3.03. The molecule has 0 aliphatic carbocycles. The lowest BCUT2D eigenvalue weighted by Gasteiger charge is -2.17. The monoisotopic (exact) mass is 328 g/mol. The van der Waals surface area contributed by atoms with Crippen LogP contribution in [-0.2, 0) is 30.2 Å². The van der Waals surface area contributed by atoms with Gasteiger partial charge in [0.05, 0.1) is 13.2 Å². The number of hydrogen-bond donors (Lipinski definition) is 0. The summed E-state index contributed by atoms with van der Waals surface area (Å²) in [6.07, 6.45) is 1.55. The second-order valence-corrected chi connectivity index (χ2v) is 6.31. The zero-order chi connectivity index (χ0) is 15.7. The first-order valence-electron chi connectivity index (χ1n) is 6.78. The molecular weight excluding hydrogens is 312 g/mol. The summed E-state index contributed by atoms with van der Waals surface area (Å²) in [6, 6.07) is 1.59. The van der Waals surface area contributed by atoms with Crippen LogP contribution in [0, 0.1) is 0 Å². The number of nitrogens with zero attached hydrogens (tertiary/aromatic N) is 2. The van der Waals surface area contributed by atoms with Crippen LogP contribution < -0.4 is 4.74 Å². The van der Waals surface area contributed by atoms with E-state index < -0.39 is 17.3 Å². The highest BCUT2D eigenvalue weighted by molar-refractivity contribution is 7.90. The molecule has 0 aromatic carbocycles. The van der Waals surface area contributed by atoms with Crippen LogP contribution in [0.1, 0.15) is 6.92 Å². The SMILES string of the molecule is CC(=O)O[C@H]1CO[C@H]2C1OC[C@@H]2Oc1ccnc([S+](C)[O-])n1. The van der Waals surface area contributed by atoms with Crippen molar-refractivity contribution in [1.82, 2.24) is 9.97 Å². The molecule has 2 aliphatic rings. The van der Waals surface area contributed by atoms with Crippen LogP contribution in [0.5, 0.6) is 5.88 Å². The van der Waals surface area contributed by atoms with Crippen LogP contribution in [0.4, 0.5) is 0 Å². The van der Waals surface area contributed by atoms with Gasteiger partial charge in [-0.1, -0.05) is 0 Å². The molecule has 0 radical (unpaired) electrons. The van der Waals surface area contributed by atoms with Crippen LogP contribution in [0.3, 0.4) is 0 Å². The number of aromatic nitrogens is 2. The molecule has 8 nitrogen and oxygen atoms in total. The Morgan fingerprint density at radius 2 is 2.05 bits per heavy atom. The third-order valence-electron chi connectivity index (χ3n) is 3.42.